The lowest BCUT2D eigenvalue weighted by atomic mass is 10.0. The fourth-order valence-corrected chi connectivity index (χ4v) is 5.62. The summed E-state index contributed by atoms with van der Waals surface area (Å²) in [7, 11) is 2.89. The molecule has 1 aliphatic rings. The van der Waals surface area contributed by atoms with Crippen LogP contribution in [0.15, 0.2) is 77.8 Å². The van der Waals surface area contributed by atoms with E-state index >= 15 is 0 Å². The standard InChI is InChI=1S/C30H27F3N2O4S/c1-37-18-22-15-24(13-14-26(22)29(36)38-2)40-35(17-19-7-11-23(12-8-19)39-30(31,32)33)28-27(20-9-10-20)25-6-4-3-5-21(25)16-34-28/h3-8,11-16,20H,9-10,17-18H2,1-2H3. The number of fused-ring (bicyclic) bond motifs is 1. The molecule has 10 heteroatoms. The van der Waals surface area contributed by atoms with Gasteiger partial charge in [0.25, 0.3) is 0 Å². The number of pyridine rings is 1. The van der Waals surface area contributed by atoms with E-state index in [0.717, 1.165) is 45.5 Å². The molecular formula is C30H27F3N2O4S. The summed E-state index contributed by atoms with van der Waals surface area (Å²) in [6.07, 6.45) is -0.776. The Morgan fingerprint density at radius 1 is 1.05 bits per heavy atom. The summed E-state index contributed by atoms with van der Waals surface area (Å²) >= 11 is 1.44. The molecule has 3 aromatic carbocycles. The Morgan fingerprint density at radius 2 is 1.80 bits per heavy atom. The molecule has 0 unspecified atom stereocenters. The minimum atomic E-state index is -4.76. The number of anilines is 1. The van der Waals surface area contributed by atoms with Gasteiger partial charge in [0.05, 0.1) is 25.8 Å². The molecule has 0 aliphatic heterocycles. The fourth-order valence-electron chi connectivity index (χ4n) is 4.60. The maximum atomic E-state index is 12.7. The van der Waals surface area contributed by atoms with E-state index < -0.39 is 12.3 Å². The van der Waals surface area contributed by atoms with Gasteiger partial charge in [0, 0.05) is 29.2 Å². The molecule has 6 nitrogen and oxygen atoms in total. The molecule has 40 heavy (non-hydrogen) atoms. The van der Waals surface area contributed by atoms with E-state index in [1.54, 1.807) is 25.3 Å². The lowest BCUT2D eigenvalue weighted by Gasteiger charge is -2.26. The SMILES string of the molecule is COCc1cc(SN(Cc2ccc(OC(F)(F)F)cc2)c2ncc3ccccc3c2C2CC2)ccc1C(=O)OC. The Labute approximate surface area is 234 Å². The predicted molar refractivity (Wildman–Crippen MR) is 147 cm³/mol. The quantitative estimate of drug-likeness (QED) is 0.144. The van der Waals surface area contributed by atoms with Crippen molar-refractivity contribution in [2.24, 2.45) is 0 Å². The zero-order chi connectivity index (χ0) is 28.3. The summed E-state index contributed by atoms with van der Waals surface area (Å²) in [5.41, 5.74) is 3.04. The molecule has 0 spiro atoms. The molecule has 1 aliphatic carbocycles. The Balaban J connectivity index is 1.54. The van der Waals surface area contributed by atoms with Crippen LogP contribution >= 0.6 is 11.9 Å². The number of halogens is 3. The topological polar surface area (TPSA) is 60.9 Å². The van der Waals surface area contributed by atoms with Gasteiger partial charge in [-0.3, -0.25) is 4.31 Å². The van der Waals surface area contributed by atoms with Gasteiger partial charge >= 0.3 is 12.3 Å². The molecule has 0 N–H and O–H groups in total. The van der Waals surface area contributed by atoms with Crippen molar-refractivity contribution in [3.63, 3.8) is 0 Å². The van der Waals surface area contributed by atoms with Crippen molar-refractivity contribution in [3.05, 3.63) is 95.2 Å². The largest absolute Gasteiger partial charge is 0.573 e. The van der Waals surface area contributed by atoms with Gasteiger partial charge in [0.2, 0.25) is 0 Å². The van der Waals surface area contributed by atoms with E-state index in [2.05, 4.69) is 10.8 Å². The number of esters is 1. The first-order valence-corrected chi connectivity index (χ1v) is 13.4. The second-order valence-electron chi connectivity index (χ2n) is 9.42. The van der Waals surface area contributed by atoms with E-state index in [0.29, 0.717) is 23.6 Å². The van der Waals surface area contributed by atoms with Gasteiger partial charge in [-0.15, -0.1) is 13.2 Å². The number of alkyl halides is 3. The highest BCUT2D eigenvalue weighted by Crippen LogP contribution is 2.48. The number of carbonyl (C=O) groups excluding carboxylic acids is 1. The summed E-state index contributed by atoms with van der Waals surface area (Å²) in [6.45, 7) is 0.585. The number of aromatic nitrogens is 1. The fraction of sp³-hybridized carbons (Fsp3) is 0.267. The number of hydrogen-bond donors (Lipinski definition) is 0. The molecule has 1 aromatic heterocycles. The Morgan fingerprint density at radius 3 is 2.48 bits per heavy atom. The second-order valence-corrected chi connectivity index (χ2v) is 10.5. The van der Waals surface area contributed by atoms with E-state index in [1.165, 1.54) is 31.2 Å². The Hall–Kier alpha value is -3.76. The summed E-state index contributed by atoms with van der Waals surface area (Å²) in [6, 6.07) is 19.4. The van der Waals surface area contributed by atoms with E-state index in [9.17, 15) is 18.0 Å². The maximum absolute atomic E-state index is 12.7. The third-order valence-electron chi connectivity index (χ3n) is 6.52. The highest BCUT2D eigenvalue weighted by atomic mass is 32.2. The van der Waals surface area contributed by atoms with Crippen molar-refractivity contribution < 1.29 is 32.2 Å². The Bertz CT molecular complexity index is 1510. The van der Waals surface area contributed by atoms with Crippen molar-refractivity contribution in [1.82, 2.24) is 4.98 Å². The van der Waals surface area contributed by atoms with E-state index in [-0.39, 0.29) is 12.4 Å². The highest BCUT2D eigenvalue weighted by molar-refractivity contribution is 8.00. The monoisotopic (exact) mass is 568 g/mol. The van der Waals surface area contributed by atoms with Gasteiger partial charge in [-0.1, -0.05) is 36.4 Å². The highest BCUT2D eigenvalue weighted by Gasteiger charge is 2.32. The van der Waals surface area contributed by atoms with Crippen LogP contribution in [0.5, 0.6) is 5.75 Å². The number of methoxy groups -OCH3 is 2. The minimum absolute atomic E-state index is 0.223. The van der Waals surface area contributed by atoms with E-state index in [1.807, 2.05) is 40.8 Å². The molecule has 1 fully saturated rings. The molecule has 4 aromatic rings. The third kappa shape index (κ3) is 6.51. The van der Waals surface area contributed by atoms with Crippen LogP contribution in [-0.4, -0.2) is 31.5 Å². The van der Waals surface area contributed by atoms with Crippen LogP contribution in [-0.2, 0) is 22.6 Å². The number of carbonyl (C=O) groups is 1. The van der Waals surface area contributed by atoms with Crippen LogP contribution in [0, 0.1) is 0 Å². The van der Waals surface area contributed by atoms with Crippen LogP contribution in [0.2, 0.25) is 0 Å². The molecule has 5 rings (SSSR count). The van der Waals surface area contributed by atoms with Crippen LogP contribution in [0.1, 0.15) is 45.8 Å². The van der Waals surface area contributed by atoms with Crippen molar-refractivity contribution in [2.75, 3.05) is 18.5 Å². The maximum Gasteiger partial charge on any atom is 0.573 e. The lowest BCUT2D eigenvalue weighted by molar-refractivity contribution is -0.274. The van der Waals surface area contributed by atoms with Crippen LogP contribution in [0.3, 0.4) is 0 Å². The van der Waals surface area contributed by atoms with Crippen molar-refractivity contribution in [2.45, 2.75) is 43.2 Å². The lowest BCUT2D eigenvalue weighted by Crippen LogP contribution is -2.18. The zero-order valence-electron chi connectivity index (χ0n) is 21.9. The van der Waals surface area contributed by atoms with Crippen LogP contribution in [0.4, 0.5) is 19.0 Å². The molecule has 0 amide bonds. The average molecular weight is 569 g/mol. The molecule has 0 bridgehead atoms. The summed E-state index contributed by atoms with van der Waals surface area (Å²) in [5.74, 6) is 0.451. The molecule has 0 atom stereocenters. The predicted octanol–water partition coefficient (Wildman–Crippen LogP) is 7.66. The van der Waals surface area contributed by atoms with Gasteiger partial charge < -0.3 is 14.2 Å². The first-order valence-electron chi connectivity index (χ1n) is 12.6. The van der Waals surface area contributed by atoms with Crippen molar-refractivity contribution >= 4 is 34.5 Å². The van der Waals surface area contributed by atoms with Gasteiger partial charge in [0.1, 0.15) is 11.6 Å². The average Bonchev–Trinajstić information content (AvgIpc) is 3.78. The normalized spacial score (nSPS) is 13.3. The Kier molecular flexibility index (Phi) is 8.18. The number of hydrogen-bond acceptors (Lipinski definition) is 7. The number of nitrogens with zero attached hydrogens (tertiary/aromatic N) is 2. The molecule has 1 heterocycles. The van der Waals surface area contributed by atoms with Crippen LogP contribution < -0.4 is 9.04 Å². The van der Waals surface area contributed by atoms with Crippen molar-refractivity contribution in [1.29, 1.82) is 0 Å². The first kappa shape index (κ1) is 27.8. The number of benzene rings is 3. The molecule has 1 saturated carbocycles. The molecule has 0 radical (unpaired) electrons. The second kappa shape index (κ2) is 11.8. The van der Waals surface area contributed by atoms with Crippen LogP contribution in [0.25, 0.3) is 10.8 Å². The molecule has 0 saturated heterocycles. The number of rotatable bonds is 10. The third-order valence-corrected chi connectivity index (χ3v) is 7.51. The summed E-state index contributed by atoms with van der Waals surface area (Å²) < 4.78 is 54.4. The molecular weight excluding hydrogens is 541 g/mol. The van der Waals surface area contributed by atoms with Crippen molar-refractivity contribution in [3.8, 4) is 5.75 Å². The first-order chi connectivity index (χ1) is 19.3. The minimum Gasteiger partial charge on any atom is -0.465 e. The summed E-state index contributed by atoms with van der Waals surface area (Å²) in [5, 5.41) is 2.19. The summed E-state index contributed by atoms with van der Waals surface area (Å²) in [4.78, 5) is 18.0. The molecule has 208 valence electrons. The van der Waals surface area contributed by atoms with E-state index in [4.69, 9.17) is 14.5 Å². The van der Waals surface area contributed by atoms with Gasteiger partial charge in [-0.2, -0.15) is 0 Å². The zero-order valence-corrected chi connectivity index (χ0v) is 22.7. The van der Waals surface area contributed by atoms with Gasteiger partial charge in [-0.25, -0.2) is 9.78 Å². The number of ether oxygens (including phenoxy) is 3. The van der Waals surface area contributed by atoms with Gasteiger partial charge in [0.15, 0.2) is 0 Å². The smallest absolute Gasteiger partial charge is 0.465 e. The van der Waals surface area contributed by atoms with Gasteiger partial charge in [-0.05, 0) is 77.6 Å².